The lowest BCUT2D eigenvalue weighted by Crippen LogP contribution is -2.24. The molecule has 6 nitrogen and oxygen atoms in total. The summed E-state index contributed by atoms with van der Waals surface area (Å²) in [4.78, 5) is 16.8. The maximum Gasteiger partial charge on any atom is 0.252 e. The third-order valence-electron chi connectivity index (χ3n) is 2.31. The fourth-order valence-corrected chi connectivity index (χ4v) is 2.18. The molecule has 2 N–H and O–H groups in total. The number of hydrogen-bond donors (Lipinski definition) is 2. The molecule has 0 saturated heterocycles. The Labute approximate surface area is 114 Å². The molecule has 1 amide bonds. The monoisotopic (exact) mass is 273 g/mol. The van der Waals surface area contributed by atoms with Gasteiger partial charge in [-0.2, -0.15) is 10.4 Å². The lowest BCUT2D eigenvalue weighted by molar-refractivity contribution is 0.0947. The standard InChI is InChI=1S/C12H11N5OS/c13-5-6-19-10-4-2-1-3-9(10)12(18)14-7-11-15-8-16-17-11/h1-4,8H,6-7H2,(H,14,18)(H,15,16,17). The van der Waals surface area contributed by atoms with Crippen LogP contribution in [-0.4, -0.2) is 26.8 Å². The van der Waals surface area contributed by atoms with Gasteiger partial charge in [-0.25, -0.2) is 4.98 Å². The molecule has 2 aromatic rings. The van der Waals surface area contributed by atoms with E-state index in [4.69, 9.17) is 5.26 Å². The Morgan fingerprint density at radius 3 is 3.05 bits per heavy atom. The Bertz CT molecular complexity index is 590. The van der Waals surface area contributed by atoms with E-state index in [0.29, 0.717) is 17.1 Å². The minimum atomic E-state index is -0.197. The van der Waals surface area contributed by atoms with Crippen LogP contribution in [0.1, 0.15) is 16.2 Å². The van der Waals surface area contributed by atoms with Crippen molar-refractivity contribution in [3.63, 3.8) is 0 Å². The number of benzene rings is 1. The third kappa shape index (κ3) is 3.56. The quantitative estimate of drug-likeness (QED) is 0.802. The molecule has 0 unspecified atom stereocenters. The summed E-state index contributed by atoms with van der Waals surface area (Å²) in [5, 5.41) is 17.7. The van der Waals surface area contributed by atoms with Crippen molar-refractivity contribution in [2.24, 2.45) is 0 Å². The van der Waals surface area contributed by atoms with E-state index in [1.807, 2.05) is 18.2 Å². The molecule has 0 atom stereocenters. The van der Waals surface area contributed by atoms with E-state index in [1.165, 1.54) is 18.1 Å². The largest absolute Gasteiger partial charge is 0.345 e. The summed E-state index contributed by atoms with van der Waals surface area (Å²) in [6.45, 7) is 0.288. The lowest BCUT2D eigenvalue weighted by Gasteiger charge is -2.07. The number of nitrogens with one attached hydrogen (secondary N) is 2. The first-order valence-electron chi connectivity index (χ1n) is 5.52. The molecule has 1 heterocycles. The van der Waals surface area contributed by atoms with Gasteiger partial charge in [0.15, 0.2) is 0 Å². The number of carbonyl (C=O) groups is 1. The summed E-state index contributed by atoms with van der Waals surface area (Å²) in [6.07, 6.45) is 1.39. The first kappa shape index (κ1) is 13.1. The fraction of sp³-hybridized carbons (Fsp3) is 0.167. The second-order valence-electron chi connectivity index (χ2n) is 3.56. The van der Waals surface area contributed by atoms with Crippen molar-refractivity contribution in [3.05, 3.63) is 42.0 Å². The first-order chi connectivity index (χ1) is 9.31. The Hall–Kier alpha value is -2.33. The average molecular weight is 273 g/mol. The summed E-state index contributed by atoms with van der Waals surface area (Å²) in [5.74, 6) is 0.708. The van der Waals surface area contributed by atoms with Crippen molar-refractivity contribution in [1.82, 2.24) is 20.5 Å². The molecule has 0 radical (unpaired) electrons. The second-order valence-corrected chi connectivity index (χ2v) is 4.57. The van der Waals surface area contributed by atoms with E-state index in [0.717, 1.165) is 4.90 Å². The van der Waals surface area contributed by atoms with Crippen molar-refractivity contribution < 1.29 is 4.79 Å². The number of amides is 1. The van der Waals surface area contributed by atoms with Crippen LogP contribution in [0.2, 0.25) is 0 Å². The van der Waals surface area contributed by atoms with Gasteiger partial charge >= 0.3 is 0 Å². The van der Waals surface area contributed by atoms with Crippen molar-refractivity contribution in [3.8, 4) is 6.07 Å². The van der Waals surface area contributed by atoms with Gasteiger partial charge in [0.1, 0.15) is 12.2 Å². The summed E-state index contributed by atoms with van der Waals surface area (Å²) >= 11 is 1.34. The summed E-state index contributed by atoms with van der Waals surface area (Å²) in [5.41, 5.74) is 0.558. The summed E-state index contributed by atoms with van der Waals surface area (Å²) in [7, 11) is 0. The van der Waals surface area contributed by atoms with E-state index in [1.54, 1.807) is 12.1 Å². The number of carbonyl (C=O) groups excluding carboxylic acids is 1. The van der Waals surface area contributed by atoms with Crippen LogP contribution in [0.4, 0.5) is 0 Å². The van der Waals surface area contributed by atoms with Gasteiger partial charge in [-0.1, -0.05) is 12.1 Å². The van der Waals surface area contributed by atoms with E-state index < -0.39 is 0 Å². The first-order valence-corrected chi connectivity index (χ1v) is 6.51. The topological polar surface area (TPSA) is 94.5 Å². The van der Waals surface area contributed by atoms with Crippen molar-refractivity contribution in [2.75, 3.05) is 5.75 Å². The van der Waals surface area contributed by atoms with E-state index in [9.17, 15) is 4.79 Å². The molecule has 0 aliphatic rings. The maximum atomic E-state index is 12.1. The van der Waals surface area contributed by atoms with Crippen LogP contribution < -0.4 is 5.32 Å². The zero-order chi connectivity index (χ0) is 13.5. The van der Waals surface area contributed by atoms with Crippen molar-refractivity contribution in [1.29, 1.82) is 5.26 Å². The molecule has 0 spiro atoms. The Kier molecular flexibility index (Phi) is 4.53. The van der Waals surface area contributed by atoms with Gasteiger partial charge in [-0.05, 0) is 12.1 Å². The van der Waals surface area contributed by atoms with Crippen LogP contribution in [0.15, 0.2) is 35.5 Å². The molecule has 96 valence electrons. The molecule has 19 heavy (non-hydrogen) atoms. The Morgan fingerprint density at radius 2 is 2.32 bits per heavy atom. The molecule has 1 aromatic carbocycles. The number of H-pyrrole nitrogens is 1. The molecule has 7 heteroatoms. The highest BCUT2D eigenvalue weighted by molar-refractivity contribution is 7.99. The predicted molar refractivity (Wildman–Crippen MR) is 70.3 cm³/mol. The minimum Gasteiger partial charge on any atom is -0.345 e. The molecule has 1 aromatic heterocycles. The molecular formula is C12H11N5OS. The van der Waals surface area contributed by atoms with Gasteiger partial charge in [-0.15, -0.1) is 11.8 Å². The zero-order valence-corrected chi connectivity index (χ0v) is 10.8. The molecular weight excluding hydrogens is 262 g/mol. The number of rotatable bonds is 5. The maximum absolute atomic E-state index is 12.1. The van der Waals surface area contributed by atoms with Crippen LogP contribution in [0.5, 0.6) is 0 Å². The molecule has 0 saturated carbocycles. The second kappa shape index (κ2) is 6.56. The van der Waals surface area contributed by atoms with Gasteiger partial charge in [0.2, 0.25) is 0 Å². The third-order valence-corrected chi connectivity index (χ3v) is 3.25. The summed E-state index contributed by atoms with van der Waals surface area (Å²) < 4.78 is 0. The number of nitriles is 1. The van der Waals surface area contributed by atoms with E-state index in [-0.39, 0.29) is 12.5 Å². The minimum absolute atomic E-state index is 0.197. The lowest BCUT2D eigenvalue weighted by atomic mass is 10.2. The van der Waals surface area contributed by atoms with Crippen LogP contribution in [0, 0.1) is 11.3 Å². The van der Waals surface area contributed by atoms with Gasteiger partial charge in [-0.3, -0.25) is 9.89 Å². The molecule has 0 aliphatic carbocycles. The van der Waals surface area contributed by atoms with Crippen LogP contribution in [0.3, 0.4) is 0 Å². The number of nitrogens with zero attached hydrogens (tertiary/aromatic N) is 3. The predicted octanol–water partition coefficient (Wildman–Crippen LogP) is 1.35. The number of aromatic nitrogens is 3. The number of thioether (sulfide) groups is 1. The van der Waals surface area contributed by atoms with Gasteiger partial charge in [0.25, 0.3) is 5.91 Å². The van der Waals surface area contributed by atoms with Gasteiger partial charge < -0.3 is 5.32 Å². The highest BCUT2D eigenvalue weighted by atomic mass is 32.2. The van der Waals surface area contributed by atoms with Crippen molar-refractivity contribution >= 4 is 17.7 Å². The molecule has 0 bridgehead atoms. The van der Waals surface area contributed by atoms with Crippen LogP contribution >= 0.6 is 11.8 Å². The highest BCUT2D eigenvalue weighted by Crippen LogP contribution is 2.22. The van der Waals surface area contributed by atoms with Crippen LogP contribution in [-0.2, 0) is 6.54 Å². The molecule has 2 rings (SSSR count). The highest BCUT2D eigenvalue weighted by Gasteiger charge is 2.11. The zero-order valence-electron chi connectivity index (χ0n) is 9.96. The van der Waals surface area contributed by atoms with Gasteiger partial charge in [0.05, 0.1) is 23.9 Å². The van der Waals surface area contributed by atoms with E-state index in [2.05, 4.69) is 20.5 Å². The normalized spacial score (nSPS) is 9.84. The van der Waals surface area contributed by atoms with Crippen LogP contribution in [0.25, 0.3) is 0 Å². The summed E-state index contributed by atoms with van der Waals surface area (Å²) in [6, 6.07) is 9.23. The fourth-order valence-electron chi connectivity index (χ4n) is 1.47. The van der Waals surface area contributed by atoms with E-state index >= 15 is 0 Å². The molecule has 0 fully saturated rings. The number of hydrogen-bond acceptors (Lipinski definition) is 5. The number of aromatic amines is 1. The SMILES string of the molecule is N#CCSc1ccccc1C(=O)NCc1ncn[nH]1. The Morgan fingerprint density at radius 1 is 1.47 bits per heavy atom. The Balaban J connectivity index is 2.04. The molecule has 0 aliphatic heterocycles. The van der Waals surface area contributed by atoms with Gasteiger partial charge in [0, 0.05) is 4.90 Å². The smallest absolute Gasteiger partial charge is 0.252 e. The van der Waals surface area contributed by atoms with Crippen molar-refractivity contribution in [2.45, 2.75) is 11.4 Å². The average Bonchev–Trinajstić information content (AvgIpc) is 2.96.